The van der Waals surface area contributed by atoms with E-state index >= 15 is 0 Å². The van der Waals surface area contributed by atoms with Crippen LogP contribution in [0.3, 0.4) is 0 Å². The quantitative estimate of drug-likeness (QED) is 0.752. The fourth-order valence-corrected chi connectivity index (χ4v) is 2.48. The van der Waals surface area contributed by atoms with Crippen molar-refractivity contribution >= 4 is 17.3 Å². The molecular formula is C14H22N4O. The SMILES string of the molecule is CCNc1ccccc1N1CCC(N)(C(N)=O)CC1. The van der Waals surface area contributed by atoms with Crippen molar-refractivity contribution in [3.8, 4) is 0 Å². The number of benzene rings is 1. The highest BCUT2D eigenvalue weighted by molar-refractivity contribution is 5.85. The zero-order chi connectivity index (χ0) is 13.9. The van der Waals surface area contributed by atoms with Crippen molar-refractivity contribution in [2.45, 2.75) is 25.3 Å². The van der Waals surface area contributed by atoms with E-state index in [1.165, 1.54) is 0 Å². The van der Waals surface area contributed by atoms with E-state index in [1.807, 2.05) is 12.1 Å². The predicted molar refractivity (Wildman–Crippen MR) is 78.2 cm³/mol. The minimum atomic E-state index is -0.844. The molecule has 0 bridgehead atoms. The molecule has 1 saturated heterocycles. The van der Waals surface area contributed by atoms with Crippen molar-refractivity contribution in [2.75, 3.05) is 29.9 Å². The Labute approximate surface area is 113 Å². The van der Waals surface area contributed by atoms with E-state index in [9.17, 15) is 4.79 Å². The lowest BCUT2D eigenvalue weighted by Crippen LogP contribution is -2.58. The first-order valence-electron chi connectivity index (χ1n) is 6.73. The average Bonchev–Trinajstić information content (AvgIpc) is 2.41. The van der Waals surface area contributed by atoms with Crippen LogP contribution in [0.25, 0.3) is 0 Å². The van der Waals surface area contributed by atoms with Gasteiger partial charge in [-0.05, 0) is 31.9 Å². The molecule has 1 aromatic carbocycles. The van der Waals surface area contributed by atoms with Crippen molar-refractivity contribution in [2.24, 2.45) is 11.5 Å². The summed E-state index contributed by atoms with van der Waals surface area (Å²) >= 11 is 0. The van der Waals surface area contributed by atoms with Crippen LogP contribution in [0.5, 0.6) is 0 Å². The summed E-state index contributed by atoms with van der Waals surface area (Å²) < 4.78 is 0. The number of nitrogens with one attached hydrogen (secondary N) is 1. The number of anilines is 2. The first-order valence-corrected chi connectivity index (χ1v) is 6.73. The second kappa shape index (κ2) is 5.48. The maximum Gasteiger partial charge on any atom is 0.237 e. The summed E-state index contributed by atoms with van der Waals surface area (Å²) in [6.07, 6.45) is 1.20. The number of nitrogens with two attached hydrogens (primary N) is 2. The highest BCUT2D eigenvalue weighted by Gasteiger charge is 2.36. The van der Waals surface area contributed by atoms with Gasteiger partial charge >= 0.3 is 0 Å². The molecule has 1 fully saturated rings. The van der Waals surface area contributed by atoms with Gasteiger partial charge in [0.05, 0.1) is 16.9 Å². The second-order valence-corrected chi connectivity index (χ2v) is 5.05. The molecule has 1 heterocycles. The van der Waals surface area contributed by atoms with Crippen LogP contribution in [0.4, 0.5) is 11.4 Å². The molecule has 1 aliphatic rings. The number of piperidine rings is 1. The standard InChI is InChI=1S/C14H22N4O/c1-2-17-11-5-3-4-6-12(11)18-9-7-14(16,8-10-18)13(15)19/h3-6,17H,2,7-10,16H2,1H3,(H2,15,19). The lowest BCUT2D eigenvalue weighted by atomic mass is 9.87. The third-order valence-corrected chi connectivity index (χ3v) is 3.76. The first kappa shape index (κ1) is 13.7. The minimum absolute atomic E-state index is 0.396. The van der Waals surface area contributed by atoms with Gasteiger partial charge in [0.1, 0.15) is 0 Å². The monoisotopic (exact) mass is 262 g/mol. The Morgan fingerprint density at radius 2 is 2.00 bits per heavy atom. The molecule has 2 rings (SSSR count). The normalized spacial score (nSPS) is 18.1. The fourth-order valence-electron chi connectivity index (χ4n) is 2.48. The van der Waals surface area contributed by atoms with Crippen molar-refractivity contribution in [1.82, 2.24) is 0 Å². The van der Waals surface area contributed by atoms with E-state index in [0.717, 1.165) is 31.0 Å². The van der Waals surface area contributed by atoms with Gasteiger partial charge in [-0.3, -0.25) is 4.79 Å². The van der Waals surface area contributed by atoms with Gasteiger partial charge in [0.15, 0.2) is 0 Å². The molecule has 0 atom stereocenters. The average molecular weight is 262 g/mol. The molecule has 0 spiro atoms. The van der Waals surface area contributed by atoms with Crippen molar-refractivity contribution in [3.63, 3.8) is 0 Å². The third kappa shape index (κ3) is 2.81. The Kier molecular flexibility index (Phi) is 3.95. The number of carbonyl (C=O) groups is 1. The van der Waals surface area contributed by atoms with E-state index in [2.05, 4.69) is 29.3 Å². The number of hydrogen-bond acceptors (Lipinski definition) is 4. The largest absolute Gasteiger partial charge is 0.384 e. The van der Waals surface area contributed by atoms with Crippen molar-refractivity contribution in [3.05, 3.63) is 24.3 Å². The van der Waals surface area contributed by atoms with Gasteiger partial charge in [-0.15, -0.1) is 0 Å². The van der Waals surface area contributed by atoms with Gasteiger partial charge in [0.25, 0.3) is 0 Å². The topological polar surface area (TPSA) is 84.4 Å². The van der Waals surface area contributed by atoms with Crippen LogP contribution in [0.2, 0.25) is 0 Å². The molecule has 5 heteroatoms. The van der Waals surface area contributed by atoms with Gasteiger partial charge in [0, 0.05) is 19.6 Å². The molecule has 0 radical (unpaired) electrons. The lowest BCUT2D eigenvalue weighted by molar-refractivity contribution is -0.123. The molecule has 0 saturated carbocycles. The molecule has 5 N–H and O–H groups in total. The number of primary amides is 1. The number of para-hydroxylation sites is 2. The summed E-state index contributed by atoms with van der Waals surface area (Å²) in [4.78, 5) is 13.6. The summed E-state index contributed by atoms with van der Waals surface area (Å²) in [5.41, 5.74) is 12.8. The summed E-state index contributed by atoms with van der Waals surface area (Å²) in [7, 11) is 0. The minimum Gasteiger partial charge on any atom is -0.384 e. The highest BCUT2D eigenvalue weighted by atomic mass is 16.1. The lowest BCUT2D eigenvalue weighted by Gasteiger charge is -2.38. The van der Waals surface area contributed by atoms with Crippen LogP contribution in [0.15, 0.2) is 24.3 Å². The van der Waals surface area contributed by atoms with Gasteiger partial charge in [-0.25, -0.2) is 0 Å². The molecule has 1 aliphatic heterocycles. The zero-order valence-corrected chi connectivity index (χ0v) is 11.4. The van der Waals surface area contributed by atoms with Gasteiger partial charge in [-0.1, -0.05) is 12.1 Å². The van der Waals surface area contributed by atoms with E-state index in [0.29, 0.717) is 12.8 Å². The van der Waals surface area contributed by atoms with Crippen LogP contribution >= 0.6 is 0 Å². The molecule has 0 aromatic heterocycles. The van der Waals surface area contributed by atoms with Crippen molar-refractivity contribution in [1.29, 1.82) is 0 Å². The third-order valence-electron chi connectivity index (χ3n) is 3.76. The molecule has 5 nitrogen and oxygen atoms in total. The maximum absolute atomic E-state index is 11.4. The number of hydrogen-bond donors (Lipinski definition) is 3. The molecule has 1 amide bonds. The summed E-state index contributed by atoms with van der Waals surface area (Å²) in [6.45, 7) is 4.46. The van der Waals surface area contributed by atoms with E-state index < -0.39 is 11.4 Å². The van der Waals surface area contributed by atoms with Gasteiger partial charge < -0.3 is 21.7 Å². The van der Waals surface area contributed by atoms with Gasteiger partial charge in [-0.2, -0.15) is 0 Å². The van der Waals surface area contributed by atoms with E-state index in [4.69, 9.17) is 11.5 Å². The van der Waals surface area contributed by atoms with Crippen LogP contribution in [0.1, 0.15) is 19.8 Å². The molecule has 104 valence electrons. The molecule has 0 aliphatic carbocycles. The molecule has 0 unspecified atom stereocenters. The Balaban J connectivity index is 2.11. The number of amides is 1. The maximum atomic E-state index is 11.4. The van der Waals surface area contributed by atoms with E-state index in [1.54, 1.807) is 0 Å². The summed E-state index contributed by atoms with van der Waals surface area (Å²) in [5, 5.41) is 3.35. The predicted octanol–water partition coefficient (Wildman–Crippen LogP) is 0.901. The first-order chi connectivity index (χ1) is 9.07. The second-order valence-electron chi connectivity index (χ2n) is 5.05. The molecule has 19 heavy (non-hydrogen) atoms. The van der Waals surface area contributed by atoms with E-state index in [-0.39, 0.29) is 0 Å². The molecule has 1 aromatic rings. The Morgan fingerprint density at radius 1 is 1.37 bits per heavy atom. The number of rotatable bonds is 4. The van der Waals surface area contributed by atoms with Crippen molar-refractivity contribution < 1.29 is 4.79 Å². The Hall–Kier alpha value is -1.75. The number of nitrogens with zero attached hydrogens (tertiary/aromatic N) is 1. The Bertz CT molecular complexity index is 453. The zero-order valence-electron chi connectivity index (χ0n) is 11.4. The fraction of sp³-hybridized carbons (Fsp3) is 0.500. The van der Waals surface area contributed by atoms with Gasteiger partial charge in [0.2, 0.25) is 5.91 Å². The summed E-state index contributed by atoms with van der Waals surface area (Å²) in [5.74, 6) is -0.396. The van der Waals surface area contributed by atoms with Crippen LogP contribution in [-0.2, 0) is 4.79 Å². The van der Waals surface area contributed by atoms with Crippen LogP contribution in [-0.4, -0.2) is 31.1 Å². The van der Waals surface area contributed by atoms with Crippen LogP contribution < -0.4 is 21.7 Å². The highest BCUT2D eigenvalue weighted by Crippen LogP contribution is 2.30. The Morgan fingerprint density at radius 3 is 2.58 bits per heavy atom. The van der Waals surface area contributed by atoms with Crippen LogP contribution in [0, 0.1) is 0 Å². The number of carbonyl (C=O) groups excluding carboxylic acids is 1. The molecular weight excluding hydrogens is 240 g/mol. The summed E-state index contributed by atoms with van der Waals surface area (Å²) in [6, 6.07) is 8.19. The smallest absolute Gasteiger partial charge is 0.237 e.